The van der Waals surface area contributed by atoms with Gasteiger partial charge in [-0.05, 0) is 42.0 Å². The van der Waals surface area contributed by atoms with Gasteiger partial charge < -0.3 is 20.1 Å². The number of urea groups is 1. The average Bonchev–Trinajstić information content (AvgIpc) is 3.18. The first-order valence-electron chi connectivity index (χ1n) is 11.1. The Labute approximate surface area is 215 Å². The maximum absolute atomic E-state index is 14.2. The fourth-order valence-corrected chi connectivity index (χ4v) is 4.37. The highest BCUT2D eigenvalue weighted by Gasteiger charge is 2.49. The van der Waals surface area contributed by atoms with Gasteiger partial charge >= 0.3 is 12.3 Å². The van der Waals surface area contributed by atoms with E-state index in [2.05, 4.69) is 20.4 Å². The van der Waals surface area contributed by atoms with Gasteiger partial charge in [0.2, 0.25) is 0 Å². The van der Waals surface area contributed by atoms with E-state index in [1.807, 2.05) is 30.3 Å². The van der Waals surface area contributed by atoms with E-state index in [1.165, 1.54) is 36.5 Å². The molecule has 10 heteroatoms. The molecule has 6 nitrogen and oxygen atoms in total. The Bertz CT molecular complexity index is 1440. The number of benzene rings is 3. The van der Waals surface area contributed by atoms with Gasteiger partial charge in [0.25, 0.3) is 0 Å². The summed E-state index contributed by atoms with van der Waals surface area (Å²) in [5.41, 5.74) is -0.121. The molecule has 2 heterocycles. The summed E-state index contributed by atoms with van der Waals surface area (Å²) in [5.74, 6) is -0.978. The Morgan fingerprint density at radius 2 is 1.76 bits per heavy atom. The van der Waals surface area contributed by atoms with E-state index < -0.39 is 23.7 Å². The maximum Gasteiger partial charge on any atom is 0.586 e. The minimum atomic E-state index is -3.89. The van der Waals surface area contributed by atoms with E-state index in [-0.39, 0.29) is 29.2 Å². The number of ether oxygens (including phenoxy) is 2. The van der Waals surface area contributed by atoms with Gasteiger partial charge in [0.1, 0.15) is 11.4 Å². The number of carbonyl (C=O) groups excluding carboxylic acids is 1. The van der Waals surface area contributed by atoms with Gasteiger partial charge in [0.15, 0.2) is 11.5 Å². The van der Waals surface area contributed by atoms with Crippen molar-refractivity contribution in [3.63, 3.8) is 0 Å². The molecular formula is C27H19ClF3N3O3. The molecule has 1 aliphatic heterocycles. The van der Waals surface area contributed by atoms with Crippen LogP contribution in [0.15, 0.2) is 91.1 Å². The van der Waals surface area contributed by atoms with Gasteiger partial charge in [-0.1, -0.05) is 60.1 Å². The number of rotatable bonds is 6. The predicted molar refractivity (Wildman–Crippen MR) is 131 cm³/mol. The Kier molecular flexibility index (Phi) is 6.39. The normalized spacial score (nSPS) is 15.0. The van der Waals surface area contributed by atoms with Crippen molar-refractivity contribution >= 4 is 23.3 Å². The molecule has 0 fully saturated rings. The minimum Gasteiger partial charge on any atom is -0.395 e. The Morgan fingerprint density at radius 1 is 0.973 bits per heavy atom. The number of nitrogens with zero attached hydrogens (tertiary/aromatic N) is 1. The largest absolute Gasteiger partial charge is 0.586 e. The zero-order valence-electron chi connectivity index (χ0n) is 19.1. The van der Waals surface area contributed by atoms with Crippen LogP contribution in [0.4, 0.5) is 23.7 Å². The summed E-state index contributed by atoms with van der Waals surface area (Å²) in [6.45, 7) is 0. The number of amides is 2. The molecule has 37 heavy (non-hydrogen) atoms. The van der Waals surface area contributed by atoms with Crippen LogP contribution in [0.3, 0.4) is 0 Å². The van der Waals surface area contributed by atoms with E-state index in [4.69, 9.17) is 16.3 Å². The van der Waals surface area contributed by atoms with Crippen LogP contribution in [-0.4, -0.2) is 17.3 Å². The molecule has 0 saturated heterocycles. The van der Waals surface area contributed by atoms with Crippen molar-refractivity contribution in [1.82, 2.24) is 10.3 Å². The molecule has 188 valence electrons. The lowest BCUT2D eigenvalue weighted by atomic mass is 9.80. The third-order valence-electron chi connectivity index (χ3n) is 5.77. The van der Waals surface area contributed by atoms with E-state index in [1.54, 1.807) is 18.2 Å². The van der Waals surface area contributed by atoms with Gasteiger partial charge in [-0.25, -0.2) is 9.18 Å². The van der Waals surface area contributed by atoms with Gasteiger partial charge in [-0.15, -0.1) is 8.78 Å². The molecule has 0 bridgehead atoms. The number of para-hydroxylation sites is 1. The summed E-state index contributed by atoms with van der Waals surface area (Å²) in [5, 5.41) is 5.83. The molecule has 1 aromatic heterocycles. The van der Waals surface area contributed by atoms with Crippen molar-refractivity contribution in [2.24, 2.45) is 0 Å². The lowest BCUT2D eigenvalue weighted by molar-refractivity contribution is -0.287. The monoisotopic (exact) mass is 525 g/mol. The van der Waals surface area contributed by atoms with E-state index >= 15 is 0 Å². The summed E-state index contributed by atoms with van der Waals surface area (Å²) in [4.78, 5) is 17.8. The number of nitrogens with one attached hydrogen (secondary N) is 2. The topological polar surface area (TPSA) is 72.5 Å². The van der Waals surface area contributed by atoms with Crippen LogP contribution >= 0.6 is 11.6 Å². The SMILES string of the molecule is O=C(Nc1cccc(F)c1)NC(Cc1ccccc1)(c1ccc(Cl)cn1)c1cccc2c1OC(F)(F)O2. The highest BCUT2D eigenvalue weighted by Crippen LogP contribution is 2.48. The molecule has 1 atom stereocenters. The van der Waals surface area contributed by atoms with Crippen molar-refractivity contribution in [3.8, 4) is 11.5 Å². The zero-order chi connectivity index (χ0) is 26.0. The van der Waals surface area contributed by atoms with Gasteiger partial charge in [-0.3, -0.25) is 4.98 Å². The molecule has 0 saturated carbocycles. The number of hydrogen-bond acceptors (Lipinski definition) is 4. The fraction of sp³-hybridized carbons (Fsp3) is 0.111. The number of pyridine rings is 1. The van der Waals surface area contributed by atoms with Gasteiger partial charge in [0, 0.05) is 23.9 Å². The highest BCUT2D eigenvalue weighted by atomic mass is 35.5. The highest BCUT2D eigenvalue weighted by molar-refractivity contribution is 6.30. The van der Waals surface area contributed by atoms with E-state index in [9.17, 15) is 18.0 Å². The molecular weight excluding hydrogens is 507 g/mol. The van der Waals surface area contributed by atoms with Crippen LogP contribution in [0, 0.1) is 5.82 Å². The first-order valence-corrected chi connectivity index (χ1v) is 11.5. The van der Waals surface area contributed by atoms with Crippen LogP contribution in [-0.2, 0) is 12.0 Å². The number of halogens is 4. The second-order valence-electron chi connectivity index (χ2n) is 8.32. The molecule has 0 spiro atoms. The zero-order valence-corrected chi connectivity index (χ0v) is 19.8. The van der Waals surface area contributed by atoms with Crippen molar-refractivity contribution in [1.29, 1.82) is 0 Å². The van der Waals surface area contributed by atoms with E-state index in [0.717, 1.165) is 11.6 Å². The first-order chi connectivity index (χ1) is 17.7. The second-order valence-corrected chi connectivity index (χ2v) is 8.76. The van der Waals surface area contributed by atoms with Crippen LogP contribution in [0.5, 0.6) is 11.5 Å². The molecule has 1 unspecified atom stereocenters. The van der Waals surface area contributed by atoms with Crippen LogP contribution in [0.2, 0.25) is 5.02 Å². The van der Waals surface area contributed by atoms with E-state index in [0.29, 0.717) is 10.7 Å². The molecule has 2 N–H and O–H groups in total. The summed E-state index contributed by atoms with van der Waals surface area (Å²) < 4.78 is 51.6. The summed E-state index contributed by atoms with van der Waals surface area (Å²) >= 11 is 6.09. The minimum absolute atomic E-state index is 0.0877. The Balaban J connectivity index is 1.67. The number of aromatic nitrogens is 1. The Morgan fingerprint density at radius 3 is 2.49 bits per heavy atom. The third-order valence-corrected chi connectivity index (χ3v) is 6.00. The molecule has 3 aromatic carbocycles. The number of carbonyl (C=O) groups is 1. The number of hydrogen-bond donors (Lipinski definition) is 2. The first kappa shape index (κ1) is 24.5. The molecule has 4 aromatic rings. The maximum atomic E-state index is 14.2. The fourth-order valence-electron chi connectivity index (χ4n) is 4.26. The second kappa shape index (κ2) is 9.67. The van der Waals surface area contributed by atoms with Gasteiger partial charge in [-0.2, -0.15) is 0 Å². The number of anilines is 1. The quantitative estimate of drug-likeness (QED) is 0.301. The molecule has 0 radical (unpaired) electrons. The van der Waals surface area contributed by atoms with Crippen molar-refractivity contribution in [3.05, 3.63) is 119 Å². The standard InChI is InChI=1S/C27H19ClF3N3O3/c28-18-12-13-23(32-16-18)26(15-17-6-2-1-3-7-17,34-25(35)33-20-9-4-8-19(29)14-20)21-10-5-11-22-24(21)37-27(30,31)36-22/h1-14,16H,15H2,(H2,33,34,35). The number of alkyl halides is 2. The van der Waals surface area contributed by atoms with Crippen molar-refractivity contribution in [2.45, 2.75) is 18.3 Å². The van der Waals surface area contributed by atoms with Crippen molar-refractivity contribution in [2.75, 3.05) is 5.32 Å². The van der Waals surface area contributed by atoms with Crippen LogP contribution in [0.25, 0.3) is 0 Å². The van der Waals surface area contributed by atoms with Crippen molar-refractivity contribution < 1.29 is 27.4 Å². The summed E-state index contributed by atoms with van der Waals surface area (Å²) in [7, 11) is 0. The molecule has 2 amide bonds. The summed E-state index contributed by atoms with van der Waals surface area (Å²) in [6.07, 6.45) is -2.42. The Hall–Kier alpha value is -4.24. The van der Waals surface area contributed by atoms with Crippen LogP contribution in [0.1, 0.15) is 16.8 Å². The average molecular weight is 526 g/mol. The smallest absolute Gasteiger partial charge is 0.395 e. The third kappa shape index (κ3) is 5.17. The molecule has 0 aliphatic carbocycles. The van der Waals surface area contributed by atoms with Gasteiger partial charge in [0.05, 0.1) is 10.7 Å². The lowest BCUT2D eigenvalue weighted by Crippen LogP contribution is -2.50. The predicted octanol–water partition coefficient (Wildman–Crippen LogP) is 6.50. The molecule has 1 aliphatic rings. The van der Waals surface area contributed by atoms with Crippen LogP contribution < -0.4 is 20.1 Å². The molecule has 5 rings (SSSR count). The number of fused-ring (bicyclic) bond motifs is 1. The lowest BCUT2D eigenvalue weighted by Gasteiger charge is -2.36. The summed E-state index contributed by atoms with van der Waals surface area (Å²) in [6, 6.07) is 21.3.